The standard InChI is InChI=1S/C14H16N2O4/c15-14(20)11-6-3-10(4-7-11)5-8-12(17)16-9-1-2-13(18)19/h3-8H,1-2,9H2,(H2,15,20)(H,16,17)(H,18,19)/b8-5+. The van der Waals surface area contributed by atoms with E-state index in [1.165, 1.54) is 6.08 Å². The highest BCUT2D eigenvalue weighted by Gasteiger charge is 2.00. The summed E-state index contributed by atoms with van der Waals surface area (Å²) in [4.78, 5) is 32.6. The smallest absolute Gasteiger partial charge is 0.303 e. The minimum absolute atomic E-state index is 0.0264. The first-order valence-corrected chi connectivity index (χ1v) is 6.06. The van der Waals surface area contributed by atoms with Crippen molar-refractivity contribution in [3.05, 3.63) is 41.5 Å². The molecule has 0 spiro atoms. The largest absolute Gasteiger partial charge is 0.481 e. The number of aliphatic carboxylic acids is 1. The van der Waals surface area contributed by atoms with Crippen molar-refractivity contribution in [2.24, 2.45) is 5.73 Å². The van der Waals surface area contributed by atoms with Crippen LogP contribution in [0.2, 0.25) is 0 Å². The van der Waals surface area contributed by atoms with E-state index < -0.39 is 11.9 Å². The number of nitrogens with one attached hydrogen (secondary N) is 1. The zero-order chi connectivity index (χ0) is 15.0. The predicted octanol–water partition coefficient (Wildman–Crippen LogP) is 0.780. The number of nitrogens with two attached hydrogens (primary N) is 1. The van der Waals surface area contributed by atoms with E-state index in [1.54, 1.807) is 30.3 Å². The Hall–Kier alpha value is -2.63. The Morgan fingerprint density at radius 1 is 1.20 bits per heavy atom. The van der Waals surface area contributed by atoms with Gasteiger partial charge >= 0.3 is 5.97 Å². The van der Waals surface area contributed by atoms with Crippen molar-refractivity contribution < 1.29 is 19.5 Å². The van der Waals surface area contributed by atoms with Crippen LogP contribution in [0.4, 0.5) is 0 Å². The molecule has 0 radical (unpaired) electrons. The van der Waals surface area contributed by atoms with Crippen LogP contribution in [0.3, 0.4) is 0 Å². The summed E-state index contributed by atoms with van der Waals surface area (Å²) in [5.41, 5.74) is 6.28. The number of carboxylic acids is 1. The van der Waals surface area contributed by atoms with Gasteiger partial charge in [0.25, 0.3) is 0 Å². The maximum Gasteiger partial charge on any atom is 0.303 e. The van der Waals surface area contributed by atoms with Gasteiger partial charge in [-0.3, -0.25) is 14.4 Å². The van der Waals surface area contributed by atoms with Gasteiger partial charge < -0.3 is 16.2 Å². The summed E-state index contributed by atoms with van der Waals surface area (Å²) in [6.45, 7) is 0.316. The van der Waals surface area contributed by atoms with Gasteiger partial charge in [0.05, 0.1) is 0 Å². The minimum Gasteiger partial charge on any atom is -0.481 e. The normalized spacial score (nSPS) is 10.4. The van der Waals surface area contributed by atoms with Gasteiger partial charge in [0.15, 0.2) is 0 Å². The minimum atomic E-state index is -0.885. The molecule has 0 aliphatic carbocycles. The Morgan fingerprint density at radius 2 is 1.85 bits per heavy atom. The number of carbonyl (C=O) groups excluding carboxylic acids is 2. The first-order valence-electron chi connectivity index (χ1n) is 6.06. The summed E-state index contributed by atoms with van der Waals surface area (Å²) < 4.78 is 0. The third-order valence-electron chi connectivity index (χ3n) is 2.49. The number of hydrogen-bond donors (Lipinski definition) is 3. The Labute approximate surface area is 116 Å². The van der Waals surface area contributed by atoms with E-state index in [1.807, 2.05) is 0 Å². The number of benzene rings is 1. The highest BCUT2D eigenvalue weighted by molar-refractivity contribution is 5.94. The number of hydrogen-bond acceptors (Lipinski definition) is 3. The summed E-state index contributed by atoms with van der Waals surface area (Å²) >= 11 is 0. The van der Waals surface area contributed by atoms with E-state index in [-0.39, 0.29) is 12.3 Å². The van der Waals surface area contributed by atoms with E-state index in [0.29, 0.717) is 18.5 Å². The zero-order valence-corrected chi connectivity index (χ0v) is 10.8. The molecule has 0 saturated heterocycles. The zero-order valence-electron chi connectivity index (χ0n) is 10.8. The van der Waals surface area contributed by atoms with Crippen molar-refractivity contribution in [2.45, 2.75) is 12.8 Å². The van der Waals surface area contributed by atoms with E-state index >= 15 is 0 Å². The number of primary amides is 1. The number of amides is 2. The Morgan fingerprint density at radius 3 is 2.40 bits per heavy atom. The van der Waals surface area contributed by atoms with Crippen LogP contribution >= 0.6 is 0 Å². The van der Waals surface area contributed by atoms with Crippen LogP contribution in [-0.2, 0) is 9.59 Å². The molecule has 20 heavy (non-hydrogen) atoms. The van der Waals surface area contributed by atoms with Crippen LogP contribution in [-0.4, -0.2) is 29.4 Å². The van der Waals surface area contributed by atoms with Crippen LogP contribution in [0.1, 0.15) is 28.8 Å². The van der Waals surface area contributed by atoms with Crippen molar-refractivity contribution in [2.75, 3.05) is 6.54 Å². The summed E-state index contributed by atoms with van der Waals surface area (Å²) in [6, 6.07) is 6.50. The van der Waals surface area contributed by atoms with Gasteiger partial charge in [-0.1, -0.05) is 12.1 Å². The van der Waals surface area contributed by atoms with Gasteiger partial charge in [0, 0.05) is 24.6 Å². The molecule has 0 aliphatic rings. The first-order chi connectivity index (χ1) is 9.49. The lowest BCUT2D eigenvalue weighted by Gasteiger charge is -2.00. The summed E-state index contributed by atoms with van der Waals surface area (Å²) in [5.74, 6) is -1.68. The molecule has 6 nitrogen and oxygen atoms in total. The van der Waals surface area contributed by atoms with Crippen molar-refractivity contribution >= 4 is 23.9 Å². The van der Waals surface area contributed by atoms with E-state index in [0.717, 1.165) is 5.56 Å². The fourth-order valence-corrected chi connectivity index (χ4v) is 1.44. The molecule has 6 heteroatoms. The van der Waals surface area contributed by atoms with Crippen LogP contribution in [0.25, 0.3) is 6.08 Å². The molecule has 0 atom stereocenters. The van der Waals surface area contributed by atoms with E-state index in [9.17, 15) is 14.4 Å². The Kier molecular flexibility index (Phi) is 5.96. The molecular weight excluding hydrogens is 260 g/mol. The average molecular weight is 276 g/mol. The van der Waals surface area contributed by atoms with Gasteiger partial charge in [0.1, 0.15) is 0 Å². The summed E-state index contributed by atoms with van der Waals surface area (Å²) in [6.07, 6.45) is 3.36. The lowest BCUT2D eigenvalue weighted by Crippen LogP contribution is -2.22. The quantitative estimate of drug-likeness (QED) is 0.505. The van der Waals surface area contributed by atoms with Crippen molar-refractivity contribution in [3.63, 3.8) is 0 Å². The molecule has 0 heterocycles. The predicted molar refractivity (Wildman–Crippen MR) is 73.9 cm³/mol. The lowest BCUT2D eigenvalue weighted by molar-refractivity contribution is -0.137. The molecule has 1 rings (SSSR count). The van der Waals surface area contributed by atoms with E-state index in [4.69, 9.17) is 10.8 Å². The molecule has 0 bridgehead atoms. The molecule has 0 saturated carbocycles. The van der Waals surface area contributed by atoms with Gasteiger partial charge in [-0.2, -0.15) is 0 Å². The van der Waals surface area contributed by atoms with Crippen LogP contribution in [0.15, 0.2) is 30.3 Å². The second-order valence-corrected chi connectivity index (χ2v) is 4.11. The fourth-order valence-electron chi connectivity index (χ4n) is 1.44. The van der Waals surface area contributed by atoms with Crippen molar-refractivity contribution in [3.8, 4) is 0 Å². The summed E-state index contributed by atoms with van der Waals surface area (Å²) in [5, 5.41) is 11.0. The summed E-state index contributed by atoms with van der Waals surface area (Å²) in [7, 11) is 0. The van der Waals surface area contributed by atoms with Gasteiger partial charge in [-0.25, -0.2) is 0 Å². The van der Waals surface area contributed by atoms with Crippen molar-refractivity contribution in [1.82, 2.24) is 5.32 Å². The molecule has 4 N–H and O–H groups in total. The Bertz CT molecular complexity index is 520. The third-order valence-corrected chi connectivity index (χ3v) is 2.49. The lowest BCUT2D eigenvalue weighted by atomic mass is 10.1. The van der Waals surface area contributed by atoms with Crippen LogP contribution < -0.4 is 11.1 Å². The highest BCUT2D eigenvalue weighted by Crippen LogP contribution is 2.05. The number of carbonyl (C=O) groups is 3. The maximum atomic E-state index is 11.4. The molecule has 0 aromatic heterocycles. The molecule has 1 aromatic rings. The number of rotatable bonds is 7. The van der Waals surface area contributed by atoms with Gasteiger partial charge in [-0.05, 0) is 30.2 Å². The maximum absolute atomic E-state index is 11.4. The second-order valence-electron chi connectivity index (χ2n) is 4.11. The molecule has 0 unspecified atom stereocenters. The molecule has 2 amide bonds. The fraction of sp³-hybridized carbons (Fsp3) is 0.214. The van der Waals surface area contributed by atoms with Crippen molar-refractivity contribution in [1.29, 1.82) is 0 Å². The topological polar surface area (TPSA) is 109 Å². The van der Waals surface area contributed by atoms with Gasteiger partial charge in [-0.15, -0.1) is 0 Å². The molecule has 106 valence electrons. The third kappa shape index (κ3) is 5.81. The van der Waals surface area contributed by atoms with Crippen LogP contribution in [0, 0.1) is 0 Å². The molecule has 0 aliphatic heterocycles. The molecule has 1 aromatic carbocycles. The number of carboxylic acid groups (broad SMARTS) is 1. The Balaban J connectivity index is 2.41. The monoisotopic (exact) mass is 276 g/mol. The van der Waals surface area contributed by atoms with Gasteiger partial charge in [0.2, 0.25) is 11.8 Å². The average Bonchev–Trinajstić information content (AvgIpc) is 2.41. The van der Waals surface area contributed by atoms with E-state index in [2.05, 4.69) is 5.32 Å². The first kappa shape index (κ1) is 15.4. The SMILES string of the molecule is NC(=O)c1ccc(/C=C/C(=O)NCCCC(=O)O)cc1. The van der Waals surface area contributed by atoms with Crippen LogP contribution in [0.5, 0.6) is 0 Å². The molecule has 0 fully saturated rings. The second kappa shape index (κ2) is 7.73. The highest BCUT2D eigenvalue weighted by atomic mass is 16.4. The molecular formula is C14H16N2O4.